The number of carbonyl (C=O) groups excluding carboxylic acids is 1. The van der Waals surface area contributed by atoms with E-state index in [1.165, 1.54) is 13.3 Å². The van der Waals surface area contributed by atoms with Gasteiger partial charge in [0.25, 0.3) is 0 Å². The predicted octanol–water partition coefficient (Wildman–Crippen LogP) is 5.03. The molecule has 0 saturated carbocycles. The van der Waals surface area contributed by atoms with Gasteiger partial charge in [-0.25, -0.2) is 0 Å². The van der Waals surface area contributed by atoms with Crippen molar-refractivity contribution >= 4 is 5.91 Å². The summed E-state index contributed by atoms with van der Waals surface area (Å²) < 4.78 is 16.1. The Balaban J connectivity index is -0.000000318. The molecule has 0 atom stereocenters. The van der Waals surface area contributed by atoms with Crippen molar-refractivity contribution in [3.63, 3.8) is 0 Å². The van der Waals surface area contributed by atoms with E-state index < -0.39 is 0 Å². The molecule has 26 heavy (non-hydrogen) atoms. The summed E-state index contributed by atoms with van der Waals surface area (Å²) >= 11 is 0. The van der Waals surface area contributed by atoms with E-state index in [0.29, 0.717) is 5.92 Å². The monoisotopic (exact) mass is 377 g/mol. The van der Waals surface area contributed by atoms with E-state index in [1.807, 2.05) is 20.8 Å². The number of carbonyl (C=O) groups is 1. The van der Waals surface area contributed by atoms with E-state index in [0.717, 1.165) is 39.4 Å². The maximum absolute atomic E-state index is 9.93. The van der Waals surface area contributed by atoms with Gasteiger partial charge in [0.1, 0.15) is 0 Å². The zero-order chi connectivity index (χ0) is 21.0. The summed E-state index contributed by atoms with van der Waals surface area (Å²) in [6, 6.07) is 0. The number of ether oxygens (including phenoxy) is 3. The Hall–Kier alpha value is -0.650. The number of hydrogen-bond donors (Lipinski definition) is 1. The van der Waals surface area contributed by atoms with Crippen LogP contribution in [-0.2, 0) is 19.0 Å². The SMILES string of the molecule is CCC.CCC(C)(C)C1OCC(C)CO1.CCNC(C)=O.CCOCC. The Morgan fingerprint density at radius 3 is 1.65 bits per heavy atom. The molecule has 160 valence electrons. The van der Waals surface area contributed by atoms with E-state index in [9.17, 15) is 4.79 Å². The molecule has 0 radical (unpaired) electrons. The first-order valence-electron chi connectivity index (χ1n) is 10.2. The minimum atomic E-state index is -0.00120. The number of rotatable bonds is 5. The maximum Gasteiger partial charge on any atom is 0.216 e. The smallest absolute Gasteiger partial charge is 0.216 e. The highest BCUT2D eigenvalue weighted by molar-refractivity contribution is 5.72. The quantitative estimate of drug-likeness (QED) is 0.730. The van der Waals surface area contributed by atoms with Crippen LogP contribution in [0.2, 0.25) is 0 Å². The van der Waals surface area contributed by atoms with Crippen molar-refractivity contribution in [3.8, 4) is 0 Å². The largest absolute Gasteiger partial charge is 0.382 e. The number of nitrogens with one attached hydrogen (secondary N) is 1. The third kappa shape index (κ3) is 21.4. The summed E-state index contributed by atoms with van der Waals surface area (Å²) in [5.41, 5.74) is 0.153. The molecule has 0 unspecified atom stereocenters. The summed E-state index contributed by atoms with van der Waals surface area (Å²) in [7, 11) is 0. The minimum Gasteiger partial charge on any atom is -0.382 e. The molecule has 0 aromatic rings. The topological polar surface area (TPSA) is 56.8 Å². The van der Waals surface area contributed by atoms with Gasteiger partial charge in [-0.3, -0.25) is 4.79 Å². The second kappa shape index (κ2) is 20.7. The summed E-state index contributed by atoms with van der Waals surface area (Å²) in [4.78, 5) is 9.93. The van der Waals surface area contributed by atoms with Crippen molar-refractivity contribution in [2.24, 2.45) is 11.3 Å². The molecule has 5 heteroatoms. The predicted molar refractivity (Wildman–Crippen MR) is 111 cm³/mol. The first kappa shape index (κ1) is 30.1. The summed E-state index contributed by atoms with van der Waals surface area (Å²) in [6.07, 6.45) is 2.34. The van der Waals surface area contributed by atoms with Crippen molar-refractivity contribution in [1.82, 2.24) is 5.32 Å². The fourth-order valence-electron chi connectivity index (χ4n) is 1.67. The van der Waals surface area contributed by atoms with Crippen LogP contribution in [0, 0.1) is 11.3 Å². The standard InChI is InChI=1S/C10H20O2.C4H9NO.C4H10O.C3H8/c1-5-10(3,4)9-11-6-8(2)7-12-9;1-3-5-4(2)6;1-3-5-4-2;1-3-2/h8-9H,5-7H2,1-4H3;3H2,1-2H3,(H,5,6);3-4H2,1-2H3;3H2,1-2H3. The Morgan fingerprint density at radius 2 is 1.46 bits per heavy atom. The summed E-state index contributed by atoms with van der Waals surface area (Å²) in [5, 5.41) is 2.57. The summed E-state index contributed by atoms with van der Waals surface area (Å²) in [6.45, 7) is 24.4. The van der Waals surface area contributed by atoms with Crippen LogP contribution in [0.3, 0.4) is 0 Å². The molecular formula is C21H47NO4. The van der Waals surface area contributed by atoms with E-state index in [1.54, 1.807) is 0 Å². The van der Waals surface area contributed by atoms with Gasteiger partial charge < -0.3 is 19.5 Å². The molecule has 1 aliphatic heterocycles. The second-order valence-electron chi connectivity index (χ2n) is 7.02. The lowest BCUT2D eigenvalue weighted by Crippen LogP contribution is -2.40. The third-order valence-corrected chi connectivity index (χ3v) is 3.45. The van der Waals surface area contributed by atoms with Gasteiger partial charge in [0, 0.05) is 38.0 Å². The number of amides is 1. The van der Waals surface area contributed by atoms with Gasteiger partial charge in [0.15, 0.2) is 6.29 Å². The molecule has 5 nitrogen and oxygen atoms in total. The van der Waals surface area contributed by atoms with Gasteiger partial charge in [-0.15, -0.1) is 0 Å². The average Bonchev–Trinajstić information content (AvgIpc) is 2.58. The van der Waals surface area contributed by atoms with Crippen LogP contribution in [0.15, 0.2) is 0 Å². The lowest BCUT2D eigenvalue weighted by Gasteiger charge is -2.37. The van der Waals surface area contributed by atoms with Gasteiger partial charge in [-0.05, 0) is 27.2 Å². The molecule has 1 heterocycles. The van der Waals surface area contributed by atoms with Gasteiger partial charge in [0.2, 0.25) is 5.91 Å². The van der Waals surface area contributed by atoms with Crippen LogP contribution in [0.1, 0.15) is 82.1 Å². The summed E-state index contributed by atoms with van der Waals surface area (Å²) in [5.74, 6) is 0.589. The molecule has 0 bridgehead atoms. The molecule has 1 aliphatic rings. The molecule has 1 fully saturated rings. The molecule has 1 rings (SSSR count). The van der Waals surface area contributed by atoms with Crippen LogP contribution >= 0.6 is 0 Å². The first-order valence-corrected chi connectivity index (χ1v) is 10.2. The third-order valence-electron chi connectivity index (χ3n) is 3.45. The lowest BCUT2D eigenvalue weighted by atomic mass is 9.89. The normalized spacial score (nSPS) is 18.8. The van der Waals surface area contributed by atoms with Crippen LogP contribution in [0.5, 0.6) is 0 Å². The van der Waals surface area contributed by atoms with Crippen LogP contribution in [-0.4, -0.2) is 45.2 Å². The zero-order valence-electron chi connectivity index (χ0n) is 19.2. The van der Waals surface area contributed by atoms with Crippen molar-refractivity contribution in [3.05, 3.63) is 0 Å². The van der Waals surface area contributed by atoms with Gasteiger partial charge in [0.05, 0.1) is 13.2 Å². The van der Waals surface area contributed by atoms with E-state index in [4.69, 9.17) is 14.2 Å². The minimum absolute atomic E-state index is 0.00120. The molecule has 0 aromatic carbocycles. The van der Waals surface area contributed by atoms with Gasteiger partial charge in [-0.2, -0.15) is 0 Å². The molecule has 1 saturated heterocycles. The molecule has 1 N–H and O–H groups in total. The van der Waals surface area contributed by atoms with E-state index >= 15 is 0 Å². The highest BCUT2D eigenvalue weighted by atomic mass is 16.7. The Kier molecular flexibility index (Phi) is 23.9. The zero-order valence-corrected chi connectivity index (χ0v) is 19.2. The first-order chi connectivity index (χ1) is 12.2. The molecule has 0 aliphatic carbocycles. The lowest BCUT2D eigenvalue weighted by molar-refractivity contribution is -0.244. The molecule has 1 amide bonds. The van der Waals surface area contributed by atoms with Crippen molar-refractivity contribution in [1.29, 1.82) is 0 Å². The van der Waals surface area contributed by atoms with E-state index in [2.05, 4.69) is 46.9 Å². The van der Waals surface area contributed by atoms with Crippen molar-refractivity contribution in [2.75, 3.05) is 33.0 Å². The van der Waals surface area contributed by atoms with Crippen LogP contribution in [0.4, 0.5) is 0 Å². The van der Waals surface area contributed by atoms with Crippen molar-refractivity contribution < 1.29 is 19.0 Å². The highest BCUT2D eigenvalue weighted by Crippen LogP contribution is 2.30. The second-order valence-corrected chi connectivity index (χ2v) is 7.02. The highest BCUT2D eigenvalue weighted by Gasteiger charge is 2.32. The van der Waals surface area contributed by atoms with Gasteiger partial charge in [-0.1, -0.05) is 48.0 Å². The molecular weight excluding hydrogens is 330 g/mol. The fourth-order valence-corrected chi connectivity index (χ4v) is 1.67. The fraction of sp³-hybridized carbons (Fsp3) is 0.952. The van der Waals surface area contributed by atoms with Gasteiger partial charge >= 0.3 is 0 Å². The van der Waals surface area contributed by atoms with Crippen LogP contribution in [0.25, 0.3) is 0 Å². The Morgan fingerprint density at radius 1 is 1.04 bits per heavy atom. The average molecular weight is 378 g/mol. The number of hydrogen-bond acceptors (Lipinski definition) is 4. The maximum atomic E-state index is 9.93. The van der Waals surface area contributed by atoms with E-state index in [-0.39, 0.29) is 17.6 Å². The Labute approximate surface area is 163 Å². The molecule has 0 spiro atoms. The van der Waals surface area contributed by atoms with Crippen molar-refractivity contribution in [2.45, 2.75) is 88.4 Å². The van der Waals surface area contributed by atoms with Crippen LogP contribution < -0.4 is 5.32 Å². The Bertz CT molecular complexity index is 286. The molecule has 0 aromatic heterocycles.